The van der Waals surface area contributed by atoms with E-state index in [0.717, 1.165) is 14.9 Å². The van der Waals surface area contributed by atoms with Gasteiger partial charge in [-0.3, -0.25) is 14.4 Å². The number of pyridine rings is 1. The van der Waals surface area contributed by atoms with E-state index in [0.29, 0.717) is 56.9 Å². The van der Waals surface area contributed by atoms with Gasteiger partial charge in [-0.15, -0.1) is 0 Å². The van der Waals surface area contributed by atoms with Gasteiger partial charge in [0.05, 0.1) is 33.6 Å². The molecule has 1 aliphatic heterocycles. The lowest BCUT2D eigenvalue weighted by Crippen LogP contribution is -2.29. The van der Waals surface area contributed by atoms with Gasteiger partial charge in [-0.2, -0.15) is 0 Å². The predicted octanol–water partition coefficient (Wildman–Crippen LogP) is 8.47. The van der Waals surface area contributed by atoms with E-state index < -0.39 is 12.1 Å². The van der Waals surface area contributed by atoms with Gasteiger partial charge in [0.25, 0.3) is 11.8 Å². The van der Waals surface area contributed by atoms with E-state index in [1.807, 2.05) is 36.4 Å². The first-order valence-corrected chi connectivity index (χ1v) is 16.3. The number of imide groups is 1. The maximum Gasteiger partial charge on any atom is 0.339 e. The summed E-state index contributed by atoms with van der Waals surface area (Å²) in [6.45, 7) is 1.94. The summed E-state index contributed by atoms with van der Waals surface area (Å²) in [5, 5.41) is 0.547. The number of carbonyl (C=O) groups excluding carboxylic acids is 4. The fraction of sp³-hybridized carbons (Fsp3) is 0.0750. The van der Waals surface area contributed by atoms with Crippen molar-refractivity contribution >= 4 is 56.1 Å². The van der Waals surface area contributed by atoms with E-state index in [1.54, 1.807) is 91.0 Å². The second-order valence-electron chi connectivity index (χ2n) is 11.5. The van der Waals surface area contributed by atoms with E-state index in [9.17, 15) is 19.2 Å². The van der Waals surface area contributed by atoms with Crippen LogP contribution in [-0.2, 0) is 11.3 Å². The van der Waals surface area contributed by atoms with Gasteiger partial charge in [0, 0.05) is 21.0 Å². The highest BCUT2D eigenvalue weighted by molar-refractivity contribution is 9.10. The summed E-state index contributed by atoms with van der Waals surface area (Å²) in [6, 6.07) is 37.0. The van der Waals surface area contributed by atoms with Gasteiger partial charge in [0.2, 0.25) is 5.78 Å². The predicted molar refractivity (Wildman–Crippen MR) is 189 cm³/mol. The Hall–Kier alpha value is -5.93. The summed E-state index contributed by atoms with van der Waals surface area (Å²) in [4.78, 5) is 58.8. The lowest BCUT2D eigenvalue weighted by Gasteiger charge is -2.16. The summed E-state index contributed by atoms with van der Waals surface area (Å²) >= 11 is 3.47. The quantitative estimate of drug-likeness (QED) is 0.0843. The Balaban J connectivity index is 1.10. The molecular weight excluding hydrogens is 684 g/mol. The number of amides is 2. The number of benzene rings is 5. The minimum absolute atomic E-state index is 0.232. The molecule has 0 spiro atoms. The Morgan fingerprint density at radius 2 is 1.43 bits per heavy atom. The Morgan fingerprint density at radius 1 is 0.776 bits per heavy atom. The van der Waals surface area contributed by atoms with E-state index >= 15 is 0 Å². The van der Waals surface area contributed by atoms with Crippen LogP contribution in [0.4, 0.5) is 5.69 Å². The average Bonchev–Trinajstić information content (AvgIpc) is 3.39. The molecule has 1 aliphatic rings. The van der Waals surface area contributed by atoms with Crippen LogP contribution in [-0.4, -0.2) is 34.7 Å². The molecule has 0 N–H and O–H groups in total. The van der Waals surface area contributed by atoms with Crippen LogP contribution >= 0.6 is 15.9 Å². The zero-order valence-corrected chi connectivity index (χ0v) is 27.7. The fourth-order valence-corrected chi connectivity index (χ4v) is 6.05. The number of nitrogens with zero attached hydrogens (tertiary/aromatic N) is 2. The molecule has 8 nitrogen and oxygen atoms in total. The maximum absolute atomic E-state index is 13.7. The standard InChI is InChI=1S/C40H27BrN2O6/c1-24(37(44)27-13-18-30(19-14-27)48-23-25-7-3-2-4-8-25)49-40(47)34-22-36(42-35-20-15-28(41)21-33(34)35)26-11-16-29(17-12-26)43-38(45)31-9-5-6-10-32(31)39(43)46/h2-22,24H,23H2,1H3. The number of ketones is 1. The highest BCUT2D eigenvalue weighted by atomic mass is 79.9. The number of Topliss-reactive ketones (excluding diaryl/α,β-unsaturated/α-hetero) is 1. The van der Waals surface area contributed by atoms with Crippen LogP contribution in [0.5, 0.6) is 5.75 Å². The van der Waals surface area contributed by atoms with Crippen molar-refractivity contribution < 1.29 is 28.7 Å². The van der Waals surface area contributed by atoms with E-state index in [-0.39, 0.29) is 23.2 Å². The lowest BCUT2D eigenvalue weighted by molar-refractivity contribution is 0.0320. The minimum Gasteiger partial charge on any atom is -0.489 e. The number of halogens is 1. The molecule has 0 saturated carbocycles. The summed E-state index contributed by atoms with van der Waals surface area (Å²) in [5.41, 5.74) is 4.45. The number of ether oxygens (including phenoxy) is 2. The van der Waals surface area contributed by atoms with E-state index in [4.69, 9.17) is 14.5 Å². The number of hydrogen-bond donors (Lipinski definition) is 0. The SMILES string of the molecule is CC(OC(=O)c1cc(-c2ccc(N3C(=O)c4ccccc4C3=O)cc2)nc2ccc(Br)cc12)C(=O)c1ccc(OCc2ccccc2)cc1. The van der Waals surface area contributed by atoms with Crippen LogP contribution in [0.2, 0.25) is 0 Å². The summed E-state index contributed by atoms with van der Waals surface area (Å²) in [5.74, 6) is -1.19. The second kappa shape index (κ2) is 13.3. The Kier molecular flexibility index (Phi) is 8.59. The van der Waals surface area contributed by atoms with Crippen molar-refractivity contribution in [2.24, 2.45) is 0 Å². The molecule has 0 bridgehead atoms. The number of esters is 1. The van der Waals surface area contributed by atoms with E-state index in [1.165, 1.54) is 6.92 Å². The summed E-state index contributed by atoms with van der Waals surface area (Å²) in [7, 11) is 0. The summed E-state index contributed by atoms with van der Waals surface area (Å²) < 4.78 is 12.3. The van der Waals surface area contributed by atoms with Crippen LogP contribution in [0.15, 0.2) is 132 Å². The zero-order valence-electron chi connectivity index (χ0n) is 26.1. The topological polar surface area (TPSA) is 103 Å². The Morgan fingerprint density at radius 3 is 2.10 bits per heavy atom. The van der Waals surface area contributed by atoms with Crippen molar-refractivity contribution in [3.05, 3.63) is 160 Å². The van der Waals surface area contributed by atoms with Gasteiger partial charge < -0.3 is 9.47 Å². The molecule has 5 aromatic carbocycles. The highest BCUT2D eigenvalue weighted by Crippen LogP contribution is 2.32. The molecule has 7 rings (SSSR count). The molecule has 0 saturated heterocycles. The number of rotatable bonds is 9. The molecule has 1 atom stereocenters. The van der Waals surface area contributed by atoms with E-state index in [2.05, 4.69) is 15.9 Å². The molecule has 49 heavy (non-hydrogen) atoms. The first kappa shape index (κ1) is 31.7. The van der Waals surface area contributed by atoms with Crippen molar-refractivity contribution in [2.75, 3.05) is 4.90 Å². The molecule has 240 valence electrons. The first-order chi connectivity index (χ1) is 23.8. The fourth-order valence-electron chi connectivity index (χ4n) is 5.69. The Bertz CT molecular complexity index is 2220. The molecule has 1 unspecified atom stereocenters. The van der Waals surface area contributed by atoms with Gasteiger partial charge in [-0.25, -0.2) is 14.7 Å². The second-order valence-corrected chi connectivity index (χ2v) is 12.4. The average molecular weight is 712 g/mol. The van der Waals surface area contributed by atoms with Crippen LogP contribution < -0.4 is 9.64 Å². The van der Waals surface area contributed by atoms with Crippen molar-refractivity contribution in [1.82, 2.24) is 4.98 Å². The van der Waals surface area contributed by atoms with Crippen molar-refractivity contribution in [1.29, 1.82) is 0 Å². The molecular formula is C40H27BrN2O6. The Labute approximate surface area is 290 Å². The van der Waals surface area contributed by atoms with Crippen molar-refractivity contribution in [3.63, 3.8) is 0 Å². The molecule has 0 fully saturated rings. The third-order valence-corrected chi connectivity index (χ3v) is 8.74. The number of hydrogen-bond acceptors (Lipinski definition) is 7. The van der Waals surface area contributed by atoms with Gasteiger partial charge >= 0.3 is 5.97 Å². The van der Waals surface area contributed by atoms with Crippen LogP contribution in [0.3, 0.4) is 0 Å². The molecule has 2 amide bonds. The molecule has 6 aromatic rings. The molecule has 0 aliphatic carbocycles. The first-order valence-electron chi connectivity index (χ1n) is 15.5. The third-order valence-electron chi connectivity index (χ3n) is 8.25. The number of aromatic nitrogens is 1. The molecule has 1 aromatic heterocycles. The van der Waals surface area contributed by atoms with Gasteiger partial charge in [0.15, 0.2) is 6.10 Å². The molecule has 2 heterocycles. The van der Waals surface area contributed by atoms with Crippen molar-refractivity contribution in [2.45, 2.75) is 19.6 Å². The smallest absolute Gasteiger partial charge is 0.339 e. The normalized spacial score (nSPS) is 12.9. The van der Waals surface area contributed by atoms with Crippen molar-refractivity contribution in [3.8, 4) is 17.0 Å². The van der Waals surface area contributed by atoms with Crippen LogP contribution in [0.25, 0.3) is 22.2 Å². The van der Waals surface area contributed by atoms with Gasteiger partial charge in [-0.1, -0.05) is 70.5 Å². The molecule has 0 radical (unpaired) electrons. The number of carbonyl (C=O) groups is 4. The molecule has 9 heteroatoms. The maximum atomic E-state index is 13.7. The number of fused-ring (bicyclic) bond motifs is 2. The largest absolute Gasteiger partial charge is 0.489 e. The van der Waals surface area contributed by atoms with Crippen LogP contribution in [0, 0.1) is 0 Å². The summed E-state index contributed by atoms with van der Waals surface area (Å²) in [6.07, 6.45) is -1.07. The number of anilines is 1. The lowest BCUT2D eigenvalue weighted by atomic mass is 10.0. The highest BCUT2D eigenvalue weighted by Gasteiger charge is 2.36. The minimum atomic E-state index is -1.07. The zero-order chi connectivity index (χ0) is 34.1. The third kappa shape index (κ3) is 6.36. The monoisotopic (exact) mass is 710 g/mol. The van der Waals surface area contributed by atoms with Crippen LogP contribution in [0.1, 0.15) is 53.9 Å². The van der Waals surface area contributed by atoms with Gasteiger partial charge in [0.1, 0.15) is 12.4 Å². The van der Waals surface area contributed by atoms with Gasteiger partial charge in [-0.05, 0) is 85.3 Å².